The lowest BCUT2D eigenvalue weighted by atomic mass is 10.1. The van der Waals surface area contributed by atoms with Crippen molar-refractivity contribution in [1.82, 2.24) is 0 Å². The molecule has 0 bridgehead atoms. The molecule has 0 unspecified atom stereocenters. The Morgan fingerprint density at radius 3 is 2.50 bits per heavy atom. The molecule has 0 saturated carbocycles. The minimum Gasteiger partial charge on any atom is -0.357 e. The Kier molecular flexibility index (Phi) is 1.98. The number of benzene rings is 1. The largest absolute Gasteiger partial charge is 0.357 e. The molecule has 1 fully saturated rings. The maximum Gasteiger partial charge on any atom is 0.151 e. The zero-order chi connectivity index (χ0) is 8.55. The zero-order valence-electron chi connectivity index (χ0n) is 6.24. The number of aldehydes is 1. The fourth-order valence-corrected chi connectivity index (χ4v) is 1.41. The first-order valence-corrected chi connectivity index (χ1v) is 4.47. The normalized spacial score (nSPS) is 26.8. The van der Waals surface area contributed by atoms with Crippen LogP contribution in [0.15, 0.2) is 28.7 Å². The van der Waals surface area contributed by atoms with Crippen molar-refractivity contribution in [1.29, 1.82) is 0 Å². The highest BCUT2D eigenvalue weighted by Gasteiger charge is 2.39. The molecule has 1 aliphatic heterocycles. The van der Waals surface area contributed by atoms with Crippen molar-refractivity contribution in [2.45, 2.75) is 12.2 Å². The molecule has 2 rings (SSSR count). The molecule has 1 aromatic carbocycles. The van der Waals surface area contributed by atoms with Crippen LogP contribution in [0.5, 0.6) is 0 Å². The molecule has 0 N–H and O–H groups in total. The summed E-state index contributed by atoms with van der Waals surface area (Å²) in [4.78, 5) is 10.3. The van der Waals surface area contributed by atoms with Gasteiger partial charge >= 0.3 is 0 Å². The van der Waals surface area contributed by atoms with Gasteiger partial charge in [-0.15, -0.1) is 0 Å². The van der Waals surface area contributed by atoms with Gasteiger partial charge in [0, 0.05) is 4.47 Å². The van der Waals surface area contributed by atoms with E-state index in [4.69, 9.17) is 4.74 Å². The van der Waals surface area contributed by atoms with E-state index in [1.807, 2.05) is 24.3 Å². The average molecular weight is 227 g/mol. The minimum absolute atomic E-state index is 0.00407. The van der Waals surface area contributed by atoms with Crippen LogP contribution in [0, 0.1) is 0 Å². The highest BCUT2D eigenvalue weighted by atomic mass is 79.9. The number of carbonyl (C=O) groups excluding carboxylic acids is 1. The van der Waals surface area contributed by atoms with Crippen molar-refractivity contribution in [3.63, 3.8) is 0 Å². The second kappa shape index (κ2) is 2.99. The van der Waals surface area contributed by atoms with E-state index in [1.54, 1.807) is 0 Å². The van der Waals surface area contributed by atoms with Crippen LogP contribution in [0.25, 0.3) is 0 Å². The van der Waals surface area contributed by atoms with Crippen LogP contribution in [-0.4, -0.2) is 12.4 Å². The third kappa shape index (κ3) is 1.42. The van der Waals surface area contributed by atoms with Gasteiger partial charge in [-0.25, -0.2) is 0 Å². The van der Waals surface area contributed by atoms with Crippen LogP contribution < -0.4 is 0 Å². The molecule has 0 amide bonds. The van der Waals surface area contributed by atoms with Crippen LogP contribution in [0.1, 0.15) is 11.7 Å². The Labute approximate surface area is 78.7 Å². The van der Waals surface area contributed by atoms with Crippen molar-refractivity contribution in [3.8, 4) is 0 Å². The maximum absolute atomic E-state index is 10.3. The number of hydrogen-bond donors (Lipinski definition) is 0. The molecular weight excluding hydrogens is 220 g/mol. The summed E-state index contributed by atoms with van der Waals surface area (Å²) >= 11 is 3.34. The van der Waals surface area contributed by atoms with Gasteiger partial charge in [-0.1, -0.05) is 28.1 Å². The fraction of sp³-hybridized carbons (Fsp3) is 0.222. The predicted octanol–water partition coefficient (Wildman–Crippen LogP) is 2.09. The monoisotopic (exact) mass is 226 g/mol. The Hall–Kier alpha value is -0.670. The smallest absolute Gasteiger partial charge is 0.151 e. The molecule has 62 valence electrons. The predicted molar refractivity (Wildman–Crippen MR) is 47.8 cm³/mol. The minimum atomic E-state index is -0.217. The van der Waals surface area contributed by atoms with Gasteiger partial charge in [0.1, 0.15) is 12.2 Å². The van der Waals surface area contributed by atoms with Crippen LogP contribution >= 0.6 is 15.9 Å². The molecule has 12 heavy (non-hydrogen) atoms. The summed E-state index contributed by atoms with van der Waals surface area (Å²) < 4.78 is 6.15. The van der Waals surface area contributed by atoms with E-state index >= 15 is 0 Å². The summed E-state index contributed by atoms with van der Waals surface area (Å²) in [6.45, 7) is 0. The fourth-order valence-electron chi connectivity index (χ4n) is 1.15. The van der Waals surface area contributed by atoms with E-state index in [0.717, 1.165) is 16.3 Å². The van der Waals surface area contributed by atoms with E-state index in [2.05, 4.69) is 15.9 Å². The second-order valence-corrected chi connectivity index (χ2v) is 3.62. The summed E-state index contributed by atoms with van der Waals surface area (Å²) in [6.07, 6.45) is 0.619. The van der Waals surface area contributed by atoms with Crippen molar-refractivity contribution in [2.24, 2.45) is 0 Å². The number of epoxide rings is 1. The SMILES string of the molecule is O=C[C@@H]1O[C@@H]1c1ccc(Br)cc1. The lowest BCUT2D eigenvalue weighted by molar-refractivity contribution is -0.108. The lowest BCUT2D eigenvalue weighted by Crippen LogP contribution is -1.88. The van der Waals surface area contributed by atoms with Crippen LogP contribution in [-0.2, 0) is 9.53 Å². The Bertz CT molecular complexity index is 294. The molecule has 2 atom stereocenters. The van der Waals surface area contributed by atoms with E-state index in [-0.39, 0.29) is 12.2 Å². The van der Waals surface area contributed by atoms with Crippen LogP contribution in [0.4, 0.5) is 0 Å². The summed E-state index contributed by atoms with van der Waals surface area (Å²) in [5.41, 5.74) is 1.07. The van der Waals surface area contributed by atoms with E-state index in [0.29, 0.717) is 0 Å². The van der Waals surface area contributed by atoms with Gasteiger partial charge in [0.2, 0.25) is 0 Å². The van der Waals surface area contributed by atoms with Crippen LogP contribution in [0.3, 0.4) is 0 Å². The van der Waals surface area contributed by atoms with Crippen molar-refractivity contribution in [2.75, 3.05) is 0 Å². The third-order valence-electron chi connectivity index (χ3n) is 1.86. The van der Waals surface area contributed by atoms with Crippen molar-refractivity contribution < 1.29 is 9.53 Å². The molecule has 1 aliphatic rings. The number of halogens is 1. The lowest BCUT2D eigenvalue weighted by Gasteiger charge is -1.93. The van der Waals surface area contributed by atoms with Gasteiger partial charge in [-0.2, -0.15) is 0 Å². The third-order valence-corrected chi connectivity index (χ3v) is 2.39. The Balaban J connectivity index is 2.15. The first-order valence-electron chi connectivity index (χ1n) is 3.67. The number of carbonyl (C=O) groups is 1. The van der Waals surface area contributed by atoms with Crippen molar-refractivity contribution in [3.05, 3.63) is 34.3 Å². The summed E-state index contributed by atoms with van der Waals surface area (Å²) in [5, 5.41) is 0. The van der Waals surface area contributed by atoms with Gasteiger partial charge in [0.25, 0.3) is 0 Å². The summed E-state index contributed by atoms with van der Waals surface area (Å²) in [6, 6.07) is 7.80. The van der Waals surface area contributed by atoms with Crippen LogP contribution in [0.2, 0.25) is 0 Å². The van der Waals surface area contributed by atoms with Gasteiger partial charge in [-0.05, 0) is 17.7 Å². The molecule has 1 saturated heterocycles. The van der Waals surface area contributed by atoms with Gasteiger partial charge < -0.3 is 9.53 Å². The molecule has 0 aromatic heterocycles. The standard InChI is InChI=1S/C9H7BrO2/c10-7-3-1-6(2-4-7)9-8(5-11)12-9/h1-5,8-9H/t8-,9+/m0/s1. The Morgan fingerprint density at radius 2 is 2.00 bits per heavy atom. The highest BCUT2D eigenvalue weighted by molar-refractivity contribution is 9.10. The molecule has 0 radical (unpaired) electrons. The zero-order valence-corrected chi connectivity index (χ0v) is 7.82. The quantitative estimate of drug-likeness (QED) is 0.571. The summed E-state index contributed by atoms with van der Waals surface area (Å²) in [7, 11) is 0. The molecule has 1 aromatic rings. The van der Waals surface area contributed by atoms with Crippen molar-refractivity contribution >= 4 is 22.2 Å². The molecule has 1 heterocycles. The molecule has 0 spiro atoms. The number of ether oxygens (including phenoxy) is 1. The maximum atomic E-state index is 10.3. The molecule has 0 aliphatic carbocycles. The van der Waals surface area contributed by atoms with E-state index < -0.39 is 0 Å². The van der Waals surface area contributed by atoms with E-state index in [9.17, 15) is 4.79 Å². The molecule has 2 nitrogen and oxygen atoms in total. The second-order valence-electron chi connectivity index (χ2n) is 2.71. The Morgan fingerprint density at radius 1 is 1.33 bits per heavy atom. The number of hydrogen-bond acceptors (Lipinski definition) is 2. The first-order chi connectivity index (χ1) is 5.81. The summed E-state index contributed by atoms with van der Waals surface area (Å²) in [5.74, 6) is 0. The topological polar surface area (TPSA) is 29.6 Å². The van der Waals surface area contributed by atoms with E-state index in [1.165, 1.54) is 0 Å². The van der Waals surface area contributed by atoms with Gasteiger partial charge in [0.05, 0.1) is 0 Å². The van der Waals surface area contributed by atoms with Gasteiger partial charge in [0.15, 0.2) is 6.29 Å². The molecule has 3 heteroatoms. The first kappa shape index (κ1) is 7.95. The van der Waals surface area contributed by atoms with Gasteiger partial charge in [-0.3, -0.25) is 0 Å². The molecular formula is C9H7BrO2. The number of rotatable bonds is 2. The average Bonchev–Trinajstić information content (AvgIpc) is 2.85. The highest BCUT2D eigenvalue weighted by Crippen LogP contribution is 2.37.